The fraction of sp³-hybridized carbons (Fsp3) is 0.0714. The van der Waals surface area contributed by atoms with Gasteiger partial charge in [-0.2, -0.15) is 0 Å². The van der Waals surface area contributed by atoms with Crippen molar-refractivity contribution in [3.05, 3.63) is 53.1 Å². The number of hydrogen-bond acceptors (Lipinski definition) is 3. The molecule has 3 N–H and O–H groups in total. The lowest BCUT2D eigenvalue weighted by Gasteiger charge is -2.08. The van der Waals surface area contributed by atoms with E-state index in [0.717, 1.165) is 6.07 Å². The summed E-state index contributed by atoms with van der Waals surface area (Å²) < 4.78 is 0. The summed E-state index contributed by atoms with van der Waals surface area (Å²) in [5, 5.41) is 20.4. The van der Waals surface area contributed by atoms with Gasteiger partial charge in [-0.1, -0.05) is 18.2 Å². The van der Waals surface area contributed by atoms with E-state index in [1.807, 2.05) is 6.08 Å². The molecule has 0 spiro atoms. The second-order valence-corrected chi connectivity index (χ2v) is 4.19. The van der Waals surface area contributed by atoms with Gasteiger partial charge in [0.05, 0.1) is 11.1 Å². The highest BCUT2D eigenvalue weighted by molar-refractivity contribution is 6.06. The molecule has 0 bridgehead atoms. The number of hydrogen-bond donors (Lipinski definition) is 3. The molecule has 1 amide bonds. The average Bonchev–Trinajstić information content (AvgIpc) is 2.92. The van der Waals surface area contributed by atoms with Crippen molar-refractivity contribution in [3.8, 4) is 0 Å². The predicted octanol–water partition coefficient (Wildman–Crippen LogP) is 1.91. The van der Waals surface area contributed by atoms with Crippen molar-refractivity contribution in [2.24, 2.45) is 0 Å². The monoisotopic (exact) mass is 273 g/mol. The van der Waals surface area contributed by atoms with Gasteiger partial charge in [0.15, 0.2) is 0 Å². The third-order valence-corrected chi connectivity index (χ3v) is 2.75. The lowest BCUT2D eigenvalue weighted by Crippen LogP contribution is -2.14. The first-order valence-corrected chi connectivity index (χ1v) is 5.76. The van der Waals surface area contributed by atoms with Gasteiger partial charge in [0, 0.05) is 11.3 Å². The second kappa shape index (κ2) is 5.40. The molecule has 1 aliphatic carbocycles. The smallest absolute Gasteiger partial charge is 0.335 e. The molecule has 0 fully saturated rings. The standard InChI is InChI=1S/C14H11NO5/c16-12(8-3-1-2-4-8)15-11-6-9(13(17)18)5-10(7-11)14(19)20/h1-3,5-7H,4H2,(H,15,16)(H,17,18)(H,19,20). The number of allylic oxidation sites excluding steroid dienone is 3. The Hall–Kier alpha value is -2.89. The first-order valence-electron chi connectivity index (χ1n) is 5.76. The van der Waals surface area contributed by atoms with Crippen molar-refractivity contribution in [1.29, 1.82) is 0 Å². The SMILES string of the molecule is O=C(Nc1cc(C(=O)O)cc(C(=O)O)c1)C1=CC=CC1. The fourth-order valence-electron chi connectivity index (χ4n) is 1.77. The zero-order valence-electron chi connectivity index (χ0n) is 10.3. The van der Waals surface area contributed by atoms with Crippen LogP contribution >= 0.6 is 0 Å². The maximum atomic E-state index is 11.9. The largest absolute Gasteiger partial charge is 0.478 e. The van der Waals surface area contributed by atoms with Gasteiger partial charge in [0.25, 0.3) is 5.91 Å². The normalized spacial score (nSPS) is 12.9. The molecule has 1 aromatic carbocycles. The van der Waals surface area contributed by atoms with Crippen LogP contribution in [0.5, 0.6) is 0 Å². The lowest BCUT2D eigenvalue weighted by molar-refractivity contribution is -0.112. The van der Waals surface area contributed by atoms with E-state index in [4.69, 9.17) is 10.2 Å². The summed E-state index contributed by atoms with van der Waals surface area (Å²) in [4.78, 5) is 33.7. The molecule has 0 aliphatic heterocycles. The summed E-state index contributed by atoms with van der Waals surface area (Å²) >= 11 is 0. The van der Waals surface area contributed by atoms with Crippen LogP contribution < -0.4 is 5.32 Å². The molecule has 6 heteroatoms. The molecule has 1 aliphatic rings. The van der Waals surface area contributed by atoms with E-state index in [0.29, 0.717) is 12.0 Å². The Balaban J connectivity index is 2.28. The van der Waals surface area contributed by atoms with E-state index < -0.39 is 11.9 Å². The first-order chi connectivity index (χ1) is 9.47. The zero-order valence-corrected chi connectivity index (χ0v) is 10.3. The molecule has 6 nitrogen and oxygen atoms in total. The van der Waals surface area contributed by atoms with Crippen LogP contribution in [-0.2, 0) is 4.79 Å². The summed E-state index contributed by atoms with van der Waals surface area (Å²) in [6.45, 7) is 0. The van der Waals surface area contributed by atoms with Crippen LogP contribution in [0.2, 0.25) is 0 Å². The number of rotatable bonds is 4. The summed E-state index contributed by atoms with van der Waals surface area (Å²) in [6, 6.07) is 3.47. The van der Waals surface area contributed by atoms with Crippen molar-refractivity contribution < 1.29 is 24.6 Å². The van der Waals surface area contributed by atoms with Gasteiger partial charge in [-0.05, 0) is 24.6 Å². The summed E-state index contributed by atoms with van der Waals surface area (Å²) in [7, 11) is 0. The molecular formula is C14H11NO5. The van der Waals surface area contributed by atoms with Crippen LogP contribution in [0.3, 0.4) is 0 Å². The number of carbonyl (C=O) groups is 3. The van der Waals surface area contributed by atoms with Gasteiger partial charge in [-0.15, -0.1) is 0 Å². The van der Waals surface area contributed by atoms with E-state index in [-0.39, 0.29) is 22.7 Å². The van der Waals surface area contributed by atoms with Crippen LogP contribution in [-0.4, -0.2) is 28.1 Å². The Morgan fingerprint density at radius 3 is 2.05 bits per heavy atom. The van der Waals surface area contributed by atoms with Gasteiger partial charge >= 0.3 is 11.9 Å². The third-order valence-electron chi connectivity index (χ3n) is 2.75. The Morgan fingerprint density at radius 1 is 1.00 bits per heavy atom. The van der Waals surface area contributed by atoms with Gasteiger partial charge in [-0.3, -0.25) is 4.79 Å². The van der Waals surface area contributed by atoms with E-state index >= 15 is 0 Å². The van der Waals surface area contributed by atoms with Crippen molar-refractivity contribution >= 4 is 23.5 Å². The number of carbonyl (C=O) groups excluding carboxylic acids is 1. The highest BCUT2D eigenvalue weighted by atomic mass is 16.4. The molecule has 0 atom stereocenters. The molecule has 1 aromatic rings. The number of nitrogens with one attached hydrogen (secondary N) is 1. The molecule has 0 saturated heterocycles. The number of anilines is 1. The molecule has 2 rings (SSSR count). The first kappa shape index (κ1) is 13.5. The molecule has 0 aromatic heterocycles. The third kappa shape index (κ3) is 2.92. The highest BCUT2D eigenvalue weighted by Crippen LogP contribution is 2.18. The van der Waals surface area contributed by atoms with Gasteiger partial charge in [-0.25, -0.2) is 9.59 Å². The van der Waals surface area contributed by atoms with Crippen LogP contribution in [0.1, 0.15) is 27.1 Å². The summed E-state index contributed by atoms with van der Waals surface area (Å²) in [5.74, 6) is -2.90. The van der Waals surface area contributed by atoms with Crippen LogP contribution in [0, 0.1) is 0 Å². The van der Waals surface area contributed by atoms with Crippen LogP contribution in [0.4, 0.5) is 5.69 Å². The molecule has 0 saturated carbocycles. The average molecular weight is 273 g/mol. The number of amides is 1. The number of carboxylic acid groups (broad SMARTS) is 2. The van der Waals surface area contributed by atoms with E-state index in [1.54, 1.807) is 12.2 Å². The van der Waals surface area contributed by atoms with E-state index in [2.05, 4.69) is 5.32 Å². The summed E-state index contributed by atoms with van der Waals surface area (Å²) in [5.41, 5.74) is 0.278. The fourth-order valence-corrected chi connectivity index (χ4v) is 1.77. The van der Waals surface area contributed by atoms with Crippen molar-refractivity contribution in [2.45, 2.75) is 6.42 Å². The maximum Gasteiger partial charge on any atom is 0.335 e. The Morgan fingerprint density at radius 2 is 1.60 bits per heavy atom. The lowest BCUT2D eigenvalue weighted by atomic mass is 10.1. The number of benzene rings is 1. The maximum absolute atomic E-state index is 11.9. The zero-order chi connectivity index (χ0) is 14.7. The van der Waals surface area contributed by atoms with Crippen molar-refractivity contribution in [1.82, 2.24) is 0 Å². The molecule has 20 heavy (non-hydrogen) atoms. The Labute approximate surface area is 114 Å². The number of aromatic carboxylic acids is 2. The second-order valence-electron chi connectivity index (χ2n) is 4.19. The topological polar surface area (TPSA) is 104 Å². The van der Waals surface area contributed by atoms with E-state index in [1.165, 1.54) is 12.1 Å². The van der Waals surface area contributed by atoms with Crippen molar-refractivity contribution in [2.75, 3.05) is 5.32 Å². The molecule has 0 radical (unpaired) electrons. The number of carboxylic acids is 2. The highest BCUT2D eigenvalue weighted by Gasteiger charge is 2.15. The molecular weight excluding hydrogens is 262 g/mol. The molecule has 0 unspecified atom stereocenters. The molecule has 102 valence electrons. The Bertz CT molecular complexity index is 625. The van der Waals surface area contributed by atoms with Gasteiger partial charge < -0.3 is 15.5 Å². The minimum Gasteiger partial charge on any atom is -0.478 e. The Kier molecular flexibility index (Phi) is 3.65. The van der Waals surface area contributed by atoms with E-state index in [9.17, 15) is 14.4 Å². The van der Waals surface area contributed by atoms with Gasteiger partial charge in [0.1, 0.15) is 0 Å². The quantitative estimate of drug-likeness (QED) is 0.777. The predicted molar refractivity (Wildman–Crippen MR) is 70.8 cm³/mol. The van der Waals surface area contributed by atoms with Gasteiger partial charge in [0.2, 0.25) is 0 Å². The van der Waals surface area contributed by atoms with Crippen LogP contribution in [0.15, 0.2) is 42.0 Å². The molecule has 0 heterocycles. The summed E-state index contributed by atoms with van der Waals surface area (Å²) in [6.07, 6.45) is 5.70. The van der Waals surface area contributed by atoms with Crippen molar-refractivity contribution in [3.63, 3.8) is 0 Å². The minimum atomic E-state index is -1.26. The van der Waals surface area contributed by atoms with Crippen LogP contribution in [0.25, 0.3) is 0 Å². The minimum absolute atomic E-state index is 0.139.